The molecule has 0 radical (unpaired) electrons. The number of rotatable bonds is 4. The van der Waals surface area contributed by atoms with Crippen molar-refractivity contribution < 1.29 is 4.74 Å². The summed E-state index contributed by atoms with van der Waals surface area (Å²) in [7, 11) is 0. The number of para-hydroxylation sites is 1. The summed E-state index contributed by atoms with van der Waals surface area (Å²) in [6, 6.07) is 54.6. The van der Waals surface area contributed by atoms with E-state index in [4.69, 9.17) is 14.7 Å². The maximum Gasteiger partial charge on any atom is 0.160 e. The highest BCUT2D eigenvalue weighted by Crippen LogP contribution is 2.64. The van der Waals surface area contributed by atoms with Crippen LogP contribution in [0.3, 0.4) is 0 Å². The molecule has 0 N–H and O–H groups in total. The normalized spacial score (nSPS) is 18.1. The lowest BCUT2D eigenvalue weighted by molar-refractivity contribution is 0.254. The van der Waals surface area contributed by atoms with Gasteiger partial charge in [-0.05, 0) is 63.2 Å². The van der Waals surface area contributed by atoms with E-state index < -0.39 is 5.41 Å². The molecule has 3 nitrogen and oxygen atoms in total. The highest BCUT2D eigenvalue weighted by atomic mass is 16.5. The van der Waals surface area contributed by atoms with Crippen molar-refractivity contribution in [1.29, 1.82) is 0 Å². The van der Waals surface area contributed by atoms with Gasteiger partial charge in [-0.2, -0.15) is 0 Å². The van der Waals surface area contributed by atoms with E-state index in [0.717, 1.165) is 63.8 Å². The standard InChI is InChI=1S/C51H36N2O/c1-2-16-34(17-3-1)50-52-46(36-30-29-33-15-4-5-18-35(33)31-36)32-47(53-50)40-22-7-6-19-37(40)41-23-14-27-45-49(41)54-48-28-13-12-26-44(48)51(45)42-24-10-8-20-38(42)39-21-9-11-25-43(39)51/h1-25,27-29,31-32,36,44H,26,30H2. The fourth-order valence-electron chi connectivity index (χ4n) is 9.56. The molecule has 6 aromatic carbocycles. The van der Waals surface area contributed by atoms with Crippen LogP contribution in [0.25, 0.3) is 57.1 Å². The third-order valence-electron chi connectivity index (χ3n) is 11.9. The molecular formula is C51H36N2O. The number of hydrogen-bond donors (Lipinski definition) is 0. The molecule has 1 aromatic heterocycles. The predicted octanol–water partition coefficient (Wildman–Crippen LogP) is 10.4. The topological polar surface area (TPSA) is 35.0 Å². The molecule has 2 unspecified atom stereocenters. The fraction of sp³-hybridized carbons (Fsp3) is 0.0980. The van der Waals surface area contributed by atoms with Crippen molar-refractivity contribution in [2.75, 3.05) is 0 Å². The quantitative estimate of drug-likeness (QED) is 0.184. The average molecular weight is 693 g/mol. The summed E-state index contributed by atoms with van der Waals surface area (Å²) in [6.45, 7) is 0. The number of ether oxygens (including phenoxy) is 1. The van der Waals surface area contributed by atoms with Gasteiger partial charge in [0.15, 0.2) is 5.82 Å². The van der Waals surface area contributed by atoms with Gasteiger partial charge in [-0.1, -0.05) is 170 Å². The maximum absolute atomic E-state index is 7.14. The molecule has 11 rings (SSSR count). The van der Waals surface area contributed by atoms with Gasteiger partial charge in [-0.15, -0.1) is 0 Å². The van der Waals surface area contributed by atoms with Crippen LogP contribution < -0.4 is 15.2 Å². The molecule has 256 valence electrons. The summed E-state index contributed by atoms with van der Waals surface area (Å²) in [5.74, 6) is 2.93. The lowest BCUT2D eigenvalue weighted by atomic mass is 9.60. The van der Waals surface area contributed by atoms with Gasteiger partial charge < -0.3 is 4.74 Å². The second kappa shape index (κ2) is 12.2. The van der Waals surface area contributed by atoms with Crippen LogP contribution in [0.4, 0.5) is 0 Å². The molecule has 0 amide bonds. The van der Waals surface area contributed by atoms with Crippen molar-refractivity contribution in [1.82, 2.24) is 9.97 Å². The van der Waals surface area contributed by atoms with E-state index in [1.54, 1.807) is 0 Å². The molecular weight excluding hydrogens is 657 g/mol. The molecule has 0 saturated heterocycles. The first-order chi connectivity index (χ1) is 26.8. The van der Waals surface area contributed by atoms with Crippen LogP contribution in [-0.2, 0) is 5.41 Å². The lowest BCUT2D eigenvalue weighted by Gasteiger charge is -2.46. The first-order valence-corrected chi connectivity index (χ1v) is 19.0. The number of nitrogens with zero attached hydrogens (tertiary/aromatic N) is 2. The summed E-state index contributed by atoms with van der Waals surface area (Å²) in [5, 5.41) is 2.53. The number of hydrogen-bond acceptors (Lipinski definition) is 3. The Morgan fingerprint density at radius 3 is 2.00 bits per heavy atom. The zero-order valence-corrected chi connectivity index (χ0v) is 29.7. The van der Waals surface area contributed by atoms with Crippen LogP contribution in [0.1, 0.15) is 41.1 Å². The second-order valence-corrected chi connectivity index (χ2v) is 14.7. The molecule has 0 saturated carbocycles. The first-order valence-electron chi connectivity index (χ1n) is 19.0. The van der Waals surface area contributed by atoms with Crippen LogP contribution in [-0.4, -0.2) is 9.97 Å². The Morgan fingerprint density at radius 2 is 1.20 bits per heavy atom. The van der Waals surface area contributed by atoms with Crippen LogP contribution in [0.5, 0.6) is 5.75 Å². The van der Waals surface area contributed by atoms with E-state index in [1.807, 2.05) is 6.07 Å². The van der Waals surface area contributed by atoms with Gasteiger partial charge in [0.25, 0.3) is 0 Å². The molecule has 3 heteroatoms. The highest BCUT2D eigenvalue weighted by Gasteiger charge is 2.55. The number of allylic oxidation sites excluding steroid dienone is 4. The van der Waals surface area contributed by atoms with Crippen molar-refractivity contribution >= 4 is 12.2 Å². The van der Waals surface area contributed by atoms with E-state index in [0.29, 0.717) is 0 Å². The van der Waals surface area contributed by atoms with Crippen molar-refractivity contribution in [2.24, 2.45) is 5.92 Å². The third-order valence-corrected chi connectivity index (χ3v) is 11.9. The summed E-state index contributed by atoms with van der Waals surface area (Å²) in [4.78, 5) is 10.5. The Kier molecular flexibility index (Phi) is 7.03. The smallest absolute Gasteiger partial charge is 0.160 e. The molecule has 7 aromatic rings. The van der Waals surface area contributed by atoms with Gasteiger partial charge in [0, 0.05) is 34.1 Å². The summed E-state index contributed by atoms with van der Waals surface area (Å²) in [6.07, 6.45) is 13.1. The van der Waals surface area contributed by atoms with Gasteiger partial charge in [0.05, 0.1) is 16.8 Å². The molecule has 4 aliphatic rings. The minimum absolute atomic E-state index is 0.134. The van der Waals surface area contributed by atoms with Crippen LogP contribution in [0.2, 0.25) is 0 Å². The van der Waals surface area contributed by atoms with Crippen molar-refractivity contribution in [3.8, 4) is 50.6 Å². The largest absolute Gasteiger partial charge is 0.460 e. The summed E-state index contributed by atoms with van der Waals surface area (Å²) >= 11 is 0. The van der Waals surface area contributed by atoms with Gasteiger partial charge in [0.1, 0.15) is 11.5 Å². The molecule has 0 fully saturated rings. The Hall–Kier alpha value is -6.58. The van der Waals surface area contributed by atoms with Crippen LogP contribution in [0.15, 0.2) is 176 Å². The number of aromatic nitrogens is 2. The van der Waals surface area contributed by atoms with Gasteiger partial charge in [0.2, 0.25) is 0 Å². The molecule has 2 heterocycles. The van der Waals surface area contributed by atoms with E-state index in [-0.39, 0.29) is 11.8 Å². The van der Waals surface area contributed by atoms with Crippen LogP contribution in [0, 0.1) is 5.92 Å². The SMILES string of the molecule is C1=CCC2C(=C1)Oc1c(-c3ccccc3-c3cc(C4C=c5ccccc5=CC4)nc(-c4ccccc4)n3)cccc1C21c2ccccc2-c2ccccc21. The minimum atomic E-state index is -0.394. The van der Waals surface area contributed by atoms with Crippen molar-refractivity contribution in [2.45, 2.75) is 24.2 Å². The van der Waals surface area contributed by atoms with E-state index in [1.165, 1.54) is 38.3 Å². The fourth-order valence-corrected chi connectivity index (χ4v) is 9.56. The first kappa shape index (κ1) is 31.0. The Morgan fingerprint density at radius 1 is 0.556 bits per heavy atom. The van der Waals surface area contributed by atoms with Gasteiger partial charge >= 0.3 is 0 Å². The zero-order chi connectivity index (χ0) is 35.6. The molecule has 54 heavy (non-hydrogen) atoms. The number of benzene rings is 6. The molecule has 1 spiro atoms. The monoisotopic (exact) mass is 692 g/mol. The molecule has 0 bridgehead atoms. The molecule has 1 aliphatic heterocycles. The predicted molar refractivity (Wildman–Crippen MR) is 218 cm³/mol. The highest BCUT2D eigenvalue weighted by molar-refractivity contribution is 5.90. The van der Waals surface area contributed by atoms with E-state index in [2.05, 4.69) is 176 Å². The zero-order valence-electron chi connectivity index (χ0n) is 29.7. The third kappa shape index (κ3) is 4.61. The Balaban J connectivity index is 1.14. The molecule has 3 aliphatic carbocycles. The Labute approximate surface area is 315 Å². The summed E-state index contributed by atoms with van der Waals surface area (Å²) < 4.78 is 7.14. The maximum atomic E-state index is 7.14. The van der Waals surface area contributed by atoms with E-state index >= 15 is 0 Å². The van der Waals surface area contributed by atoms with Gasteiger partial charge in [-0.25, -0.2) is 9.97 Å². The number of fused-ring (bicyclic) bond motifs is 10. The average Bonchev–Trinajstić information content (AvgIpc) is 3.54. The van der Waals surface area contributed by atoms with Gasteiger partial charge in [-0.3, -0.25) is 0 Å². The van der Waals surface area contributed by atoms with Crippen molar-refractivity contribution in [3.63, 3.8) is 0 Å². The molecule has 2 atom stereocenters. The minimum Gasteiger partial charge on any atom is -0.460 e. The van der Waals surface area contributed by atoms with Crippen molar-refractivity contribution in [3.05, 3.63) is 208 Å². The lowest BCUT2D eigenvalue weighted by Crippen LogP contribution is -2.42. The Bertz CT molecular complexity index is 2790. The van der Waals surface area contributed by atoms with E-state index in [9.17, 15) is 0 Å². The van der Waals surface area contributed by atoms with Crippen LogP contribution >= 0.6 is 0 Å². The summed E-state index contributed by atoms with van der Waals surface area (Å²) in [5.41, 5.74) is 12.3. The second-order valence-electron chi connectivity index (χ2n) is 14.7.